The standard InChI is InChI=1S/C32H34FN3O6S/c1-39-26-12-11-21(16-27(26)40-2)13-14-34-30(37)10-4-3-7-15-36-31(38)23-17-28-29(42-20-41-28)18-25(23)35-32(36)43-19-22-8-5-6-9-24(22)33/h5-6,8-9,11-12,16-18H,3-4,7,10,13-15,19-20H2,1-2H3,(H,34,37). The molecule has 1 aliphatic rings. The van der Waals surface area contributed by atoms with Gasteiger partial charge in [0.1, 0.15) is 5.82 Å². The van der Waals surface area contributed by atoms with E-state index in [0.717, 1.165) is 12.0 Å². The molecule has 2 heterocycles. The van der Waals surface area contributed by atoms with Crippen molar-refractivity contribution in [3.8, 4) is 23.0 Å². The number of unbranched alkanes of at least 4 members (excludes halogenated alkanes) is 2. The summed E-state index contributed by atoms with van der Waals surface area (Å²) in [7, 11) is 3.19. The third-order valence-electron chi connectivity index (χ3n) is 7.20. The number of nitrogens with zero attached hydrogens (tertiary/aromatic N) is 2. The van der Waals surface area contributed by atoms with Crippen molar-refractivity contribution >= 4 is 28.6 Å². The molecule has 43 heavy (non-hydrogen) atoms. The second-order valence-corrected chi connectivity index (χ2v) is 11.0. The maximum absolute atomic E-state index is 14.3. The van der Waals surface area contributed by atoms with E-state index in [9.17, 15) is 14.0 Å². The number of amides is 1. The van der Waals surface area contributed by atoms with Gasteiger partial charge in [0.05, 0.1) is 25.1 Å². The first-order valence-electron chi connectivity index (χ1n) is 14.1. The van der Waals surface area contributed by atoms with Gasteiger partial charge in [0.25, 0.3) is 5.56 Å². The summed E-state index contributed by atoms with van der Waals surface area (Å²) < 4.78 is 37.5. The molecule has 0 radical (unpaired) electrons. The minimum atomic E-state index is -0.296. The summed E-state index contributed by atoms with van der Waals surface area (Å²) in [6, 6.07) is 15.7. The summed E-state index contributed by atoms with van der Waals surface area (Å²) in [6.07, 6.45) is 3.21. The molecule has 0 unspecified atom stereocenters. The zero-order valence-corrected chi connectivity index (χ0v) is 25.0. The Labute approximate surface area is 253 Å². The largest absolute Gasteiger partial charge is 0.493 e. The van der Waals surface area contributed by atoms with Crippen LogP contribution in [0.2, 0.25) is 0 Å². The first-order valence-corrected chi connectivity index (χ1v) is 15.1. The van der Waals surface area contributed by atoms with E-state index in [4.69, 9.17) is 23.9 Å². The van der Waals surface area contributed by atoms with Gasteiger partial charge in [-0.1, -0.05) is 42.4 Å². The topological polar surface area (TPSA) is 101 Å². The number of ether oxygens (including phenoxy) is 4. The summed E-state index contributed by atoms with van der Waals surface area (Å²) >= 11 is 1.32. The molecule has 1 aliphatic heterocycles. The molecule has 0 atom stereocenters. The molecule has 4 aromatic rings. The third-order valence-corrected chi connectivity index (χ3v) is 8.22. The maximum Gasteiger partial charge on any atom is 0.262 e. The molecule has 0 fully saturated rings. The Bertz CT molecular complexity index is 1660. The Kier molecular flexibility index (Phi) is 10.0. The van der Waals surface area contributed by atoms with Gasteiger partial charge in [-0.25, -0.2) is 9.37 Å². The van der Waals surface area contributed by atoms with Crippen molar-refractivity contribution in [2.45, 2.75) is 49.6 Å². The van der Waals surface area contributed by atoms with E-state index in [0.29, 0.717) is 89.1 Å². The highest BCUT2D eigenvalue weighted by atomic mass is 32.2. The van der Waals surface area contributed by atoms with Gasteiger partial charge in [-0.2, -0.15) is 0 Å². The van der Waals surface area contributed by atoms with Crippen LogP contribution in [0.3, 0.4) is 0 Å². The van der Waals surface area contributed by atoms with Crippen LogP contribution in [0.15, 0.2) is 64.5 Å². The van der Waals surface area contributed by atoms with Crippen LogP contribution >= 0.6 is 11.8 Å². The molecule has 11 heteroatoms. The molecule has 0 spiro atoms. The Morgan fingerprint density at radius 1 is 1.02 bits per heavy atom. The number of hydrogen-bond acceptors (Lipinski definition) is 8. The number of nitrogens with one attached hydrogen (secondary N) is 1. The molecule has 0 aliphatic carbocycles. The predicted octanol–water partition coefficient (Wildman–Crippen LogP) is 5.49. The van der Waals surface area contributed by atoms with Crippen molar-refractivity contribution in [1.29, 1.82) is 0 Å². The lowest BCUT2D eigenvalue weighted by Crippen LogP contribution is -2.25. The Balaban J connectivity index is 1.16. The van der Waals surface area contributed by atoms with Crippen LogP contribution in [0.1, 0.15) is 36.8 Å². The molecule has 3 aromatic carbocycles. The van der Waals surface area contributed by atoms with Crippen molar-refractivity contribution in [2.75, 3.05) is 27.6 Å². The van der Waals surface area contributed by atoms with Crippen LogP contribution in [0.25, 0.3) is 10.9 Å². The Morgan fingerprint density at radius 3 is 2.60 bits per heavy atom. The third kappa shape index (κ3) is 7.40. The SMILES string of the molecule is COc1ccc(CCNC(=O)CCCCCn2c(SCc3ccccc3F)nc3cc4c(cc3c2=O)OCO4)cc1OC. The highest BCUT2D eigenvalue weighted by Gasteiger charge is 2.19. The number of aromatic nitrogens is 2. The monoisotopic (exact) mass is 607 g/mol. The summed E-state index contributed by atoms with van der Waals surface area (Å²) in [5, 5.41) is 3.91. The minimum Gasteiger partial charge on any atom is -0.493 e. The molecule has 0 saturated carbocycles. The van der Waals surface area contributed by atoms with E-state index in [1.54, 1.807) is 49.1 Å². The van der Waals surface area contributed by atoms with Gasteiger partial charge < -0.3 is 24.3 Å². The van der Waals surface area contributed by atoms with E-state index < -0.39 is 0 Å². The number of fused-ring (bicyclic) bond motifs is 2. The van der Waals surface area contributed by atoms with Gasteiger partial charge in [-0.3, -0.25) is 14.2 Å². The molecular weight excluding hydrogens is 573 g/mol. The summed E-state index contributed by atoms with van der Waals surface area (Å²) in [6.45, 7) is 1.04. The summed E-state index contributed by atoms with van der Waals surface area (Å²) in [5.74, 6) is 2.41. The second-order valence-electron chi connectivity index (χ2n) is 10.1. The number of benzene rings is 3. The van der Waals surface area contributed by atoms with Crippen LogP contribution in [-0.4, -0.2) is 43.0 Å². The molecule has 0 saturated heterocycles. The van der Waals surface area contributed by atoms with Gasteiger partial charge >= 0.3 is 0 Å². The van der Waals surface area contributed by atoms with Gasteiger partial charge in [0.2, 0.25) is 12.7 Å². The van der Waals surface area contributed by atoms with Crippen molar-refractivity contribution in [3.63, 3.8) is 0 Å². The van der Waals surface area contributed by atoms with Gasteiger partial charge in [-0.05, 0) is 54.7 Å². The molecular formula is C32H34FN3O6S. The van der Waals surface area contributed by atoms with E-state index in [2.05, 4.69) is 5.32 Å². The molecule has 1 amide bonds. The van der Waals surface area contributed by atoms with Crippen LogP contribution < -0.4 is 29.8 Å². The molecule has 1 N–H and O–H groups in total. The van der Waals surface area contributed by atoms with Gasteiger partial charge in [0, 0.05) is 31.3 Å². The molecule has 5 rings (SSSR count). The van der Waals surface area contributed by atoms with Crippen molar-refractivity contribution in [2.24, 2.45) is 0 Å². The fourth-order valence-electron chi connectivity index (χ4n) is 4.86. The Morgan fingerprint density at radius 2 is 1.81 bits per heavy atom. The maximum atomic E-state index is 14.3. The van der Waals surface area contributed by atoms with Crippen molar-refractivity contribution in [3.05, 3.63) is 81.9 Å². The fourth-order valence-corrected chi connectivity index (χ4v) is 5.87. The highest BCUT2D eigenvalue weighted by Crippen LogP contribution is 2.35. The lowest BCUT2D eigenvalue weighted by molar-refractivity contribution is -0.121. The average Bonchev–Trinajstić information content (AvgIpc) is 3.48. The molecule has 1 aromatic heterocycles. The number of carbonyl (C=O) groups is 1. The van der Waals surface area contributed by atoms with E-state index >= 15 is 0 Å². The lowest BCUT2D eigenvalue weighted by Gasteiger charge is -2.14. The van der Waals surface area contributed by atoms with E-state index in [1.165, 1.54) is 17.8 Å². The van der Waals surface area contributed by atoms with Gasteiger partial charge in [0.15, 0.2) is 28.2 Å². The van der Waals surface area contributed by atoms with E-state index in [-0.39, 0.29) is 24.1 Å². The quantitative estimate of drug-likeness (QED) is 0.114. The molecule has 0 bridgehead atoms. The number of halogens is 1. The number of methoxy groups -OCH3 is 2. The first kappa shape index (κ1) is 30.2. The Hall–Kier alpha value is -4.25. The zero-order chi connectivity index (χ0) is 30.2. The smallest absolute Gasteiger partial charge is 0.262 e. The van der Waals surface area contributed by atoms with Crippen LogP contribution in [0.4, 0.5) is 4.39 Å². The predicted molar refractivity (Wildman–Crippen MR) is 163 cm³/mol. The van der Waals surface area contributed by atoms with Crippen LogP contribution in [0.5, 0.6) is 23.0 Å². The number of rotatable bonds is 14. The number of hydrogen-bond donors (Lipinski definition) is 1. The number of carbonyl (C=O) groups excluding carboxylic acids is 1. The lowest BCUT2D eigenvalue weighted by atomic mass is 10.1. The fraction of sp³-hybridized carbons (Fsp3) is 0.344. The zero-order valence-electron chi connectivity index (χ0n) is 24.2. The van der Waals surface area contributed by atoms with Crippen molar-refractivity contribution < 1.29 is 28.1 Å². The first-order chi connectivity index (χ1) is 21.0. The highest BCUT2D eigenvalue weighted by molar-refractivity contribution is 7.98. The van der Waals surface area contributed by atoms with Crippen LogP contribution in [0, 0.1) is 5.82 Å². The van der Waals surface area contributed by atoms with Gasteiger partial charge in [-0.15, -0.1) is 0 Å². The average molecular weight is 608 g/mol. The number of thioether (sulfide) groups is 1. The second kappa shape index (κ2) is 14.3. The minimum absolute atomic E-state index is 0.0118. The van der Waals surface area contributed by atoms with E-state index in [1.807, 2.05) is 18.2 Å². The molecule has 9 nitrogen and oxygen atoms in total. The normalized spacial score (nSPS) is 12.0. The summed E-state index contributed by atoms with van der Waals surface area (Å²) in [5.41, 5.74) is 1.90. The van der Waals surface area contributed by atoms with Crippen LogP contribution in [-0.2, 0) is 23.5 Å². The summed E-state index contributed by atoms with van der Waals surface area (Å²) in [4.78, 5) is 30.7. The van der Waals surface area contributed by atoms with Crippen molar-refractivity contribution in [1.82, 2.24) is 14.9 Å². The molecule has 226 valence electrons.